The molecule has 1 heterocycles. The highest BCUT2D eigenvalue weighted by molar-refractivity contribution is 6.30. The van der Waals surface area contributed by atoms with Crippen molar-refractivity contribution in [2.24, 2.45) is 0 Å². The van der Waals surface area contributed by atoms with Crippen LogP contribution in [0.5, 0.6) is 0 Å². The van der Waals surface area contributed by atoms with Gasteiger partial charge < -0.3 is 0 Å². The van der Waals surface area contributed by atoms with Crippen molar-refractivity contribution >= 4 is 17.2 Å². The molecule has 2 nitrogen and oxygen atoms in total. The first-order valence-electron chi connectivity index (χ1n) is 4.63. The summed E-state index contributed by atoms with van der Waals surface area (Å²) in [6, 6.07) is 1.99. The molecule has 72 valence electrons. The Labute approximate surface area is 88.3 Å². The van der Waals surface area contributed by atoms with Gasteiger partial charge in [-0.1, -0.05) is 29.8 Å². The maximum atomic E-state index is 5.81. The molecule has 0 radical (unpaired) electrons. The summed E-state index contributed by atoms with van der Waals surface area (Å²) in [6.45, 7) is 1.94. The monoisotopic (exact) mass is 206 g/mol. The van der Waals surface area contributed by atoms with Crippen LogP contribution in [-0.2, 0) is 0 Å². The van der Waals surface area contributed by atoms with Crippen molar-refractivity contribution in [3.05, 3.63) is 40.7 Å². The summed E-state index contributed by atoms with van der Waals surface area (Å²) in [6.07, 6.45) is 8.41. The van der Waals surface area contributed by atoms with Crippen LogP contribution in [0.1, 0.15) is 24.1 Å². The summed E-state index contributed by atoms with van der Waals surface area (Å²) in [4.78, 5) is 0. The molecule has 0 fully saturated rings. The van der Waals surface area contributed by atoms with Gasteiger partial charge >= 0.3 is 0 Å². The van der Waals surface area contributed by atoms with E-state index in [2.05, 4.69) is 28.4 Å². The molecule has 0 saturated carbocycles. The van der Waals surface area contributed by atoms with E-state index in [0.29, 0.717) is 5.15 Å². The summed E-state index contributed by atoms with van der Waals surface area (Å²) < 4.78 is 0. The Morgan fingerprint density at radius 3 is 2.86 bits per heavy atom. The van der Waals surface area contributed by atoms with Gasteiger partial charge in [-0.15, -0.1) is 10.2 Å². The fraction of sp³-hybridized carbons (Fsp3) is 0.273. The van der Waals surface area contributed by atoms with Gasteiger partial charge in [0.05, 0.1) is 5.69 Å². The van der Waals surface area contributed by atoms with Gasteiger partial charge in [0.25, 0.3) is 0 Å². The minimum Gasteiger partial charge on any atom is -0.149 e. The van der Waals surface area contributed by atoms with Crippen LogP contribution in [0.15, 0.2) is 24.3 Å². The summed E-state index contributed by atoms with van der Waals surface area (Å²) in [5, 5.41) is 8.47. The van der Waals surface area contributed by atoms with Crippen molar-refractivity contribution in [1.82, 2.24) is 10.2 Å². The van der Waals surface area contributed by atoms with Crippen molar-refractivity contribution in [3.8, 4) is 0 Å². The second-order valence-electron chi connectivity index (χ2n) is 3.36. The van der Waals surface area contributed by atoms with Crippen LogP contribution >= 0.6 is 11.6 Å². The molecular weight excluding hydrogens is 196 g/mol. The smallest absolute Gasteiger partial charge is 0.149 e. The maximum absolute atomic E-state index is 5.81. The van der Waals surface area contributed by atoms with Gasteiger partial charge in [-0.2, -0.15) is 0 Å². The first kappa shape index (κ1) is 9.41. The van der Waals surface area contributed by atoms with Crippen molar-refractivity contribution < 1.29 is 0 Å². The van der Waals surface area contributed by atoms with Crippen LogP contribution in [0, 0.1) is 6.92 Å². The van der Waals surface area contributed by atoms with Gasteiger partial charge in [-0.3, -0.25) is 0 Å². The molecule has 0 N–H and O–H groups in total. The van der Waals surface area contributed by atoms with Gasteiger partial charge in [0.2, 0.25) is 0 Å². The van der Waals surface area contributed by atoms with E-state index in [1.165, 1.54) is 5.57 Å². The lowest BCUT2D eigenvalue weighted by Gasteiger charge is -2.08. The molecule has 0 spiro atoms. The average molecular weight is 207 g/mol. The second kappa shape index (κ2) is 3.93. The minimum atomic E-state index is 0.487. The highest BCUT2D eigenvalue weighted by Gasteiger charge is 2.07. The standard InChI is InChI=1S/C11H11ClN2/c1-8-7-10(13-14-11(8)12)9-5-3-2-4-6-9/h2-3,5,7H,4,6H2,1H3. The van der Waals surface area contributed by atoms with Gasteiger partial charge in [0.1, 0.15) is 0 Å². The fourth-order valence-corrected chi connectivity index (χ4v) is 1.54. The number of hydrogen-bond acceptors (Lipinski definition) is 2. The Kier molecular flexibility index (Phi) is 2.64. The third kappa shape index (κ3) is 1.85. The van der Waals surface area contributed by atoms with E-state index in [1.54, 1.807) is 0 Å². The number of allylic oxidation sites excluding steroid dienone is 4. The molecule has 3 heteroatoms. The van der Waals surface area contributed by atoms with Crippen LogP contribution in [0.3, 0.4) is 0 Å². The zero-order valence-corrected chi connectivity index (χ0v) is 8.75. The maximum Gasteiger partial charge on any atom is 0.154 e. The fourth-order valence-electron chi connectivity index (χ4n) is 1.44. The average Bonchev–Trinajstić information content (AvgIpc) is 2.23. The third-order valence-corrected chi connectivity index (χ3v) is 2.64. The van der Waals surface area contributed by atoms with Crippen LogP contribution in [0.4, 0.5) is 0 Å². The minimum absolute atomic E-state index is 0.487. The third-order valence-electron chi connectivity index (χ3n) is 2.27. The van der Waals surface area contributed by atoms with E-state index in [9.17, 15) is 0 Å². The molecule has 1 aliphatic rings. The molecule has 0 bridgehead atoms. The van der Waals surface area contributed by atoms with Crippen LogP contribution in [-0.4, -0.2) is 10.2 Å². The summed E-state index contributed by atoms with van der Waals surface area (Å²) in [5.41, 5.74) is 3.16. The quantitative estimate of drug-likeness (QED) is 0.706. The van der Waals surface area contributed by atoms with Crippen molar-refractivity contribution in [1.29, 1.82) is 0 Å². The predicted octanol–water partition coefficient (Wildman–Crippen LogP) is 3.17. The van der Waals surface area contributed by atoms with Crippen LogP contribution in [0.2, 0.25) is 5.15 Å². The van der Waals surface area contributed by atoms with Gasteiger partial charge in [0.15, 0.2) is 5.15 Å². The molecule has 0 unspecified atom stereocenters. The normalized spacial score (nSPS) is 15.4. The molecule has 0 aromatic carbocycles. The van der Waals surface area contributed by atoms with Gasteiger partial charge in [-0.05, 0) is 37.0 Å². The van der Waals surface area contributed by atoms with Crippen molar-refractivity contribution in [2.75, 3.05) is 0 Å². The van der Waals surface area contributed by atoms with Crippen molar-refractivity contribution in [3.63, 3.8) is 0 Å². The Bertz CT molecular complexity index is 408. The Hall–Kier alpha value is -1.15. The van der Waals surface area contributed by atoms with Gasteiger partial charge in [-0.25, -0.2) is 0 Å². The van der Waals surface area contributed by atoms with Gasteiger partial charge in [0, 0.05) is 0 Å². The SMILES string of the molecule is Cc1cc(C2=CC=CCC2)nnc1Cl. The summed E-state index contributed by atoms with van der Waals surface area (Å²) >= 11 is 5.81. The topological polar surface area (TPSA) is 25.8 Å². The number of hydrogen-bond donors (Lipinski definition) is 0. The first-order chi connectivity index (χ1) is 6.77. The molecule has 0 atom stereocenters. The van der Waals surface area contributed by atoms with Crippen LogP contribution < -0.4 is 0 Å². The zero-order valence-electron chi connectivity index (χ0n) is 8.00. The van der Waals surface area contributed by atoms with Crippen molar-refractivity contribution in [2.45, 2.75) is 19.8 Å². The van der Waals surface area contributed by atoms with E-state index in [4.69, 9.17) is 11.6 Å². The van der Waals surface area contributed by atoms with E-state index in [0.717, 1.165) is 24.1 Å². The lowest BCUT2D eigenvalue weighted by molar-refractivity contribution is 0.963. The van der Waals surface area contributed by atoms with E-state index in [1.807, 2.05) is 13.0 Å². The zero-order chi connectivity index (χ0) is 9.97. The number of rotatable bonds is 1. The Morgan fingerprint density at radius 2 is 2.21 bits per heavy atom. The first-order valence-corrected chi connectivity index (χ1v) is 5.01. The molecule has 1 aliphatic carbocycles. The molecule has 0 aliphatic heterocycles. The molecule has 2 rings (SSSR count). The molecule has 1 aromatic heterocycles. The molecule has 14 heavy (non-hydrogen) atoms. The lowest BCUT2D eigenvalue weighted by Crippen LogP contribution is -1.96. The van der Waals surface area contributed by atoms with E-state index in [-0.39, 0.29) is 0 Å². The second-order valence-corrected chi connectivity index (χ2v) is 3.72. The molecule has 0 amide bonds. The number of nitrogens with zero attached hydrogens (tertiary/aromatic N) is 2. The van der Waals surface area contributed by atoms with Crippen LogP contribution in [0.25, 0.3) is 5.57 Å². The molecular formula is C11H11ClN2. The largest absolute Gasteiger partial charge is 0.154 e. The predicted molar refractivity (Wildman–Crippen MR) is 58.1 cm³/mol. The number of halogens is 1. The molecule has 1 aromatic rings. The molecule has 0 saturated heterocycles. The van der Waals surface area contributed by atoms with E-state index < -0.39 is 0 Å². The lowest BCUT2D eigenvalue weighted by atomic mass is 10.0. The highest BCUT2D eigenvalue weighted by Crippen LogP contribution is 2.23. The Morgan fingerprint density at radius 1 is 1.36 bits per heavy atom. The number of aryl methyl sites for hydroxylation is 1. The summed E-state index contributed by atoms with van der Waals surface area (Å²) in [5.74, 6) is 0. The Balaban J connectivity index is 2.37. The highest BCUT2D eigenvalue weighted by atomic mass is 35.5. The number of aromatic nitrogens is 2. The van der Waals surface area contributed by atoms with E-state index >= 15 is 0 Å². The summed E-state index contributed by atoms with van der Waals surface area (Å²) in [7, 11) is 0.